The molecule has 1 aromatic carbocycles. The SMILES string of the molecule is COc1ccc(C=CC(=O)c2cccnc2Br)cc1. The zero-order valence-corrected chi connectivity index (χ0v) is 11.9. The molecule has 0 radical (unpaired) electrons. The first-order valence-electron chi connectivity index (χ1n) is 5.67. The average Bonchev–Trinajstić information content (AvgIpc) is 2.46. The molecule has 2 rings (SSSR count). The van der Waals surface area contributed by atoms with Crippen LogP contribution in [0.25, 0.3) is 6.08 Å². The Kier molecular flexibility index (Phi) is 4.47. The van der Waals surface area contributed by atoms with Crippen molar-refractivity contribution in [2.24, 2.45) is 0 Å². The smallest absolute Gasteiger partial charge is 0.188 e. The topological polar surface area (TPSA) is 39.2 Å². The highest BCUT2D eigenvalue weighted by Gasteiger charge is 2.06. The van der Waals surface area contributed by atoms with Crippen LogP contribution in [0.2, 0.25) is 0 Å². The highest BCUT2D eigenvalue weighted by Crippen LogP contribution is 2.15. The van der Waals surface area contributed by atoms with Crippen molar-refractivity contribution in [1.82, 2.24) is 4.98 Å². The van der Waals surface area contributed by atoms with Gasteiger partial charge < -0.3 is 4.74 Å². The monoisotopic (exact) mass is 317 g/mol. The molecular weight excluding hydrogens is 306 g/mol. The zero-order chi connectivity index (χ0) is 13.7. The van der Waals surface area contributed by atoms with Gasteiger partial charge in [-0.15, -0.1) is 0 Å². The van der Waals surface area contributed by atoms with Crippen molar-refractivity contribution < 1.29 is 9.53 Å². The summed E-state index contributed by atoms with van der Waals surface area (Å²) in [5.74, 6) is 0.703. The van der Waals surface area contributed by atoms with Gasteiger partial charge >= 0.3 is 0 Å². The lowest BCUT2D eigenvalue weighted by Crippen LogP contribution is -1.96. The molecule has 0 bridgehead atoms. The van der Waals surface area contributed by atoms with Gasteiger partial charge in [0.1, 0.15) is 10.4 Å². The van der Waals surface area contributed by atoms with E-state index in [-0.39, 0.29) is 5.78 Å². The Morgan fingerprint density at radius 2 is 2.00 bits per heavy atom. The second kappa shape index (κ2) is 6.29. The van der Waals surface area contributed by atoms with E-state index in [9.17, 15) is 4.79 Å². The Bertz CT molecular complexity index is 606. The number of pyridine rings is 1. The lowest BCUT2D eigenvalue weighted by Gasteiger charge is -2.00. The van der Waals surface area contributed by atoms with Gasteiger partial charge in [-0.25, -0.2) is 4.98 Å². The van der Waals surface area contributed by atoms with E-state index in [0.29, 0.717) is 10.2 Å². The molecule has 1 aromatic heterocycles. The zero-order valence-electron chi connectivity index (χ0n) is 10.3. The fourth-order valence-electron chi connectivity index (χ4n) is 1.55. The quantitative estimate of drug-likeness (QED) is 0.490. The van der Waals surface area contributed by atoms with E-state index in [1.54, 1.807) is 31.5 Å². The van der Waals surface area contributed by atoms with Gasteiger partial charge in [0.15, 0.2) is 5.78 Å². The summed E-state index contributed by atoms with van der Waals surface area (Å²) in [7, 11) is 1.62. The lowest BCUT2D eigenvalue weighted by molar-refractivity contribution is 0.104. The number of methoxy groups -OCH3 is 1. The van der Waals surface area contributed by atoms with Crippen molar-refractivity contribution in [2.45, 2.75) is 0 Å². The molecule has 0 spiro atoms. The lowest BCUT2D eigenvalue weighted by atomic mass is 10.1. The maximum absolute atomic E-state index is 12.0. The molecule has 0 amide bonds. The molecule has 4 heteroatoms. The first-order valence-corrected chi connectivity index (χ1v) is 6.47. The van der Waals surface area contributed by atoms with Gasteiger partial charge in [-0.3, -0.25) is 4.79 Å². The van der Waals surface area contributed by atoms with E-state index in [1.165, 1.54) is 6.08 Å². The Morgan fingerprint density at radius 3 is 2.63 bits per heavy atom. The maximum atomic E-state index is 12.0. The second-order valence-corrected chi connectivity index (χ2v) is 4.56. The predicted octanol–water partition coefficient (Wildman–Crippen LogP) is 3.75. The van der Waals surface area contributed by atoms with E-state index in [1.807, 2.05) is 24.3 Å². The van der Waals surface area contributed by atoms with Crippen molar-refractivity contribution in [3.05, 3.63) is 64.4 Å². The number of aromatic nitrogens is 1. The molecule has 19 heavy (non-hydrogen) atoms. The molecule has 0 N–H and O–H groups in total. The molecule has 0 saturated carbocycles. The van der Waals surface area contributed by atoms with Gasteiger partial charge in [0, 0.05) is 6.20 Å². The number of allylic oxidation sites excluding steroid dienone is 1. The standard InChI is InChI=1S/C15H12BrNO2/c1-19-12-7-4-11(5-8-12)6-9-14(18)13-3-2-10-17-15(13)16/h2-10H,1H3. The van der Waals surface area contributed by atoms with Crippen LogP contribution in [0.5, 0.6) is 5.75 Å². The van der Waals surface area contributed by atoms with Crippen LogP contribution in [0.4, 0.5) is 0 Å². The third kappa shape index (κ3) is 3.51. The number of benzene rings is 1. The van der Waals surface area contributed by atoms with Gasteiger partial charge in [-0.1, -0.05) is 18.2 Å². The molecule has 0 atom stereocenters. The minimum atomic E-state index is -0.0872. The summed E-state index contributed by atoms with van der Waals surface area (Å²) in [4.78, 5) is 16.0. The van der Waals surface area contributed by atoms with E-state index in [2.05, 4.69) is 20.9 Å². The number of ether oxygens (including phenoxy) is 1. The fourth-order valence-corrected chi connectivity index (χ4v) is 1.99. The third-order valence-corrected chi connectivity index (χ3v) is 3.20. The van der Waals surface area contributed by atoms with Crippen LogP contribution in [0.15, 0.2) is 53.3 Å². The summed E-state index contributed by atoms with van der Waals surface area (Å²) in [6, 6.07) is 11.0. The van der Waals surface area contributed by atoms with Gasteiger partial charge in [-0.2, -0.15) is 0 Å². The summed E-state index contributed by atoms with van der Waals surface area (Å²) >= 11 is 3.26. The van der Waals surface area contributed by atoms with E-state index < -0.39 is 0 Å². The van der Waals surface area contributed by atoms with Gasteiger partial charge in [0.05, 0.1) is 12.7 Å². The van der Waals surface area contributed by atoms with Crippen LogP contribution >= 0.6 is 15.9 Å². The molecule has 3 nitrogen and oxygen atoms in total. The number of rotatable bonds is 4. The minimum absolute atomic E-state index is 0.0872. The largest absolute Gasteiger partial charge is 0.497 e. The summed E-state index contributed by atoms with van der Waals surface area (Å²) in [5, 5.41) is 0. The number of carbonyl (C=O) groups excluding carboxylic acids is 1. The molecule has 0 aliphatic heterocycles. The molecule has 2 aromatic rings. The number of hydrogen-bond donors (Lipinski definition) is 0. The van der Waals surface area contributed by atoms with Crippen LogP contribution in [-0.4, -0.2) is 17.9 Å². The molecule has 0 aliphatic rings. The summed E-state index contributed by atoms with van der Waals surface area (Å²) in [6.45, 7) is 0. The van der Waals surface area contributed by atoms with Crippen LogP contribution in [-0.2, 0) is 0 Å². The van der Waals surface area contributed by atoms with Crippen LogP contribution in [0.3, 0.4) is 0 Å². The van der Waals surface area contributed by atoms with Crippen LogP contribution in [0.1, 0.15) is 15.9 Å². The third-order valence-electron chi connectivity index (χ3n) is 2.57. The number of carbonyl (C=O) groups is 1. The van der Waals surface area contributed by atoms with Crippen molar-refractivity contribution in [1.29, 1.82) is 0 Å². The molecule has 0 fully saturated rings. The normalized spacial score (nSPS) is 10.6. The van der Waals surface area contributed by atoms with Crippen molar-refractivity contribution in [2.75, 3.05) is 7.11 Å². The number of hydrogen-bond acceptors (Lipinski definition) is 3. The van der Waals surface area contributed by atoms with E-state index in [0.717, 1.165) is 11.3 Å². The average molecular weight is 318 g/mol. The minimum Gasteiger partial charge on any atom is -0.497 e. The number of nitrogens with zero attached hydrogens (tertiary/aromatic N) is 1. The van der Waals surface area contributed by atoms with Crippen molar-refractivity contribution in [3.63, 3.8) is 0 Å². The molecule has 0 unspecified atom stereocenters. The van der Waals surface area contributed by atoms with Gasteiger partial charge in [0.25, 0.3) is 0 Å². The van der Waals surface area contributed by atoms with Crippen LogP contribution in [0, 0.1) is 0 Å². The molecule has 96 valence electrons. The molecular formula is C15H12BrNO2. The first-order chi connectivity index (χ1) is 9.20. The highest BCUT2D eigenvalue weighted by atomic mass is 79.9. The van der Waals surface area contributed by atoms with Gasteiger partial charge in [-0.05, 0) is 51.8 Å². The Balaban J connectivity index is 2.14. The summed E-state index contributed by atoms with van der Waals surface area (Å²) in [5.41, 5.74) is 1.49. The first kappa shape index (κ1) is 13.5. The number of ketones is 1. The van der Waals surface area contributed by atoms with Crippen molar-refractivity contribution in [3.8, 4) is 5.75 Å². The Morgan fingerprint density at radius 1 is 1.26 bits per heavy atom. The number of halogens is 1. The molecule has 1 heterocycles. The van der Waals surface area contributed by atoms with Gasteiger partial charge in [0.2, 0.25) is 0 Å². The summed E-state index contributed by atoms with van der Waals surface area (Å²) in [6.07, 6.45) is 4.93. The second-order valence-electron chi connectivity index (χ2n) is 3.81. The highest BCUT2D eigenvalue weighted by molar-refractivity contribution is 9.10. The fraction of sp³-hybridized carbons (Fsp3) is 0.0667. The van der Waals surface area contributed by atoms with Crippen molar-refractivity contribution >= 4 is 27.8 Å². The Hall–Kier alpha value is -1.94. The van der Waals surface area contributed by atoms with E-state index >= 15 is 0 Å². The predicted molar refractivity (Wildman–Crippen MR) is 78.3 cm³/mol. The Labute approximate surface area is 120 Å². The summed E-state index contributed by atoms with van der Waals surface area (Å²) < 4.78 is 5.63. The maximum Gasteiger partial charge on any atom is 0.188 e. The molecule has 0 saturated heterocycles. The van der Waals surface area contributed by atoms with Crippen LogP contribution < -0.4 is 4.74 Å². The molecule has 0 aliphatic carbocycles. The van der Waals surface area contributed by atoms with E-state index in [4.69, 9.17) is 4.74 Å².